The minimum absolute atomic E-state index is 0.0507. The smallest absolute Gasteiger partial charge is 0.231 e. The van der Waals surface area contributed by atoms with Gasteiger partial charge in [-0.1, -0.05) is 6.92 Å². The van der Waals surface area contributed by atoms with Crippen LogP contribution < -0.4 is 23.7 Å². The molecule has 156 valence electrons. The number of methoxy groups -OCH3 is 3. The number of benzene rings is 2. The highest BCUT2D eigenvalue weighted by Crippen LogP contribution is 2.56. The van der Waals surface area contributed by atoms with Gasteiger partial charge in [-0.15, -0.1) is 0 Å². The van der Waals surface area contributed by atoms with Crippen molar-refractivity contribution in [1.82, 2.24) is 0 Å². The molecule has 0 amide bonds. The molecular formula is C22H26O7. The summed E-state index contributed by atoms with van der Waals surface area (Å²) in [7, 11) is 4.55. The largest absolute Gasteiger partial charge is 0.502 e. The van der Waals surface area contributed by atoms with Crippen LogP contribution in [-0.4, -0.2) is 43.9 Å². The van der Waals surface area contributed by atoms with E-state index >= 15 is 0 Å². The normalized spacial score (nSPS) is 22.2. The van der Waals surface area contributed by atoms with Gasteiger partial charge < -0.3 is 33.9 Å². The van der Waals surface area contributed by atoms with Crippen LogP contribution in [0.3, 0.4) is 0 Å². The topological polar surface area (TPSA) is 86.6 Å². The molecule has 2 N–H and O–H groups in total. The Morgan fingerprint density at radius 1 is 1.00 bits per heavy atom. The van der Waals surface area contributed by atoms with Crippen LogP contribution >= 0.6 is 0 Å². The monoisotopic (exact) mass is 402 g/mol. The van der Waals surface area contributed by atoms with E-state index in [9.17, 15) is 10.2 Å². The van der Waals surface area contributed by atoms with Gasteiger partial charge >= 0.3 is 0 Å². The third-order valence-corrected chi connectivity index (χ3v) is 6.02. The molecule has 0 bridgehead atoms. The quantitative estimate of drug-likeness (QED) is 0.815. The summed E-state index contributed by atoms with van der Waals surface area (Å²) in [5.41, 5.74) is 2.14. The SMILES string of the molecule is COc1cc2c(c(OC)c1O)-c1c(cc3c(c1OC)OCO3)CC(C)[C@@](C)(O)C2. The Balaban J connectivity index is 2.13. The second-order valence-corrected chi connectivity index (χ2v) is 7.81. The zero-order valence-corrected chi connectivity index (χ0v) is 17.3. The first-order valence-electron chi connectivity index (χ1n) is 9.51. The van der Waals surface area contributed by atoms with Gasteiger partial charge in [0.15, 0.2) is 23.0 Å². The van der Waals surface area contributed by atoms with Crippen molar-refractivity contribution in [1.29, 1.82) is 0 Å². The number of hydrogen-bond acceptors (Lipinski definition) is 7. The van der Waals surface area contributed by atoms with Crippen molar-refractivity contribution in [3.8, 4) is 45.6 Å². The van der Waals surface area contributed by atoms with Crippen LogP contribution in [0.5, 0.6) is 34.5 Å². The number of ether oxygens (including phenoxy) is 5. The zero-order chi connectivity index (χ0) is 20.9. The van der Waals surface area contributed by atoms with Crippen LogP contribution in [0.4, 0.5) is 0 Å². The molecule has 1 heterocycles. The predicted octanol–water partition coefficient (Wildman–Crippen LogP) is 3.30. The second kappa shape index (κ2) is 6.91. The molecule has 2 aromatic rings. The maximum absolute atomic E-state index is 11.2. The number of phenols is 1. The fourth-order valence-corrected chi connectivity index (χ4v) is 4.25. The van der Waals surface area contributed by atoms with E-state index in [1.165, 1.54) is 14.2 Å². The van der Waals surface area contributed by atoms with Gasteiger partial charge in [0.25, 0.3) is 0 Å². The number of aromatic hydroxyl groups is 1. The van der Waals surface area contributed by atoms with Crippen LogP contribution in [-0.2, 0) is 12.8 Å². The Morgan fingerprint density at radius 3 is 2.34 bits per heavy atom. The van der Waals surface area contributed by atoms with Crippen LogP contribution in [0, 0.1) is 5.92 Å². The molecule has 0 spiro atoms. The molecule has 1 aliphatic heterocycles. The minimum Gasteiger partial charge on any atom is -0.502 e. The first kappa shape index (κ1) is 19.5. The summed E-state index contributed by atoms with van der Waals surface area (Å²) in [6.45, 7) is 3.95. The molecule has 0 radical (unpaired) electrons. The Hall–Kier alpha value is -2.80. The van der Waals surface area contributed by atoms with Gasteiger partial charge in [-0.2, -0.15) is 0 Å². The first-order valence-corrected chi connectivity index (χ1v) is 9.51. The average Bonchev–Trinajstić information content (AvgIpc) is 3.15. The fraction of sp³-hybridized carbons (Fsp3) is 0.455. The van der Waals surface area contributed by atoms with Gasteiger partial charge in [0, 0.05) is 17.5 Å². The molecule has 7 nitrogen and oxygen atoms in total. The molecule has 7 heteroatoms. The maximum atomic E-state index is 11.2. The Labute approximate surface area is 169 Å². The van der Waals surface area contributed by atoms with E-state index in [4.69, 9.17) is 23.7 Å². The van der Waals surface area contributed by atoms with Crippen molar-refractivity contribution in [2.75, 3.05) is 28.1 Å². The minimum atomic E-state index is -0.983. The zero-order valence-electron chi connectivity index (χ0n) is 17.3. The molecule has 29 heavy (non-hydrogen) atoms. The van der Waals surface area contributed by atoms with Crippen LogP contribution in [0.2, 0.25) is 0 Å². The molecule has 2 aromatic carbocycles. The molecule has 0 saturated carbocycles. The summed E-state index contributed by atoms with van der Waals surface area (Å²) >= 11 is 0. The molecule has 2 aliphatic rings. The summed E-state index contributed by atoms with van der Waals surface area (Å²) < 4.78 is 28.0. The standard InChI is InChI=1S/C22H26O7/c1-11-6-12-7-15-19(29-10-28-15)21(27-5)16(12)17-13(9-22(11,2)24)8-14(25-3)18(23)20(17)26-4/h7-8,11,23-24H,6,9-10H2,1-5H3/t11?,22-/m0/s1. The van der Waals surface area contributed by atoms with E-state index in [0.29, 0.717) is 35.7 Å². The third kappa shape index (κ3) is 2.92. The molecule has 0 fully saturated rings. The fourth-order valence-electron chi connectivity index (χ4n) is 4.25. The van der Waals surface area contributed by atoms with Crippen LogP contribution in [0.1, 0.15) is 25.0 Å². The molecule has 4 rings (SSSR count). The lowest BCUT2D eigenvalue weighted by atomic mass is 9.75. The van der Waals surface area contributed by atoms with Crippen molar-refractivity contribution in [3.05, 3.63) is 23.3 Å². The van der Waals surface area contributed by atoms with Gasteiger partial charge in [0.2, 0.25) is 18.3 Å². The number of aliphatic hydroxyl groups is 1. The molecular weight excluding hydrogens is 376 g/mol. The van der Waals surface area contributed by atoms with Gasteiger partial charge in [-0.25, -0.2) is 0 Å². The highest BCUT2D eigenvalue weighted by Gasteiger charge is 2.38. The molecule has 0 aromatic heterocycles. The second-order valence-electron chi connectivity index (χ2n) is 7.81. The summed E-state index contributed by atoms with van der Waals surface area (Å²) in [6, 6.07) is 3.66. The predicted molar refractivity (Wildman–Crippen MR) is 107 cm³/mol. The summed E-state index contributed by atoms with van der Waals surface area (Å²) in [6.07, 6.45) is 0.943. The Bertz CT molecular complexity index is 965. The maximum Gasteiger partial charge on any atom is 0.231 e. The summed E-state index contributed by atoms with van der Waals surface area (Å²) in [5.74, 6) is 2.04. The highest BCUT2D eigenvalue weighted by molar-refractivity contribution is 5.88. The van der Waals surface area contributed by atoms with Gasteiger partial charge in [0.05, 0.1) is 26.9 Å². The van der Waals surface area contributed by atoms with Gasteiger partial charge in [-0.05, 0) is 42.5 Å². The van der Waals surface area contributed by atoms with E-state index in [1.54, 1.807) is 13.2 Å². The highest BCUT2D eigenvalue weighted by atomic mass is 16.7. The number of phenolic OH excluding ortho intramolecular Hbond substituents is 1. The van der Waals surface area contributed by atoms with Crippen LogP contribution in [0.25, 0.3) is 11.1 Å². The Kier molecular flexibility index (Phi) is 4.65. The molecule has 0 saturated heterocycles. The van der Waals surface area contributed by atoms with E-state index in [1.807, 2.05) is 19.9 Å². The molecule has 1 aliphatic carbocycles. The van der Waals surface area contributed by atoms with E-state index in [-0.39, 0.29) is 30.0 Å². The summed E-state index contributed by atoms with van der Waals surface area (Å²) in [4.78, 5) is 0. The molecule has 2 atom stereocenters. The average molecular weight is 402 g/mol. The van der Waals surface area contributed by atoms with Gasteiger partial charge in [-0.3, -0.25) is 0 Å². The summed E-state index contributed by atoms with van der Waals surface area (Å²) in [5, 5.41) is 22.0. The number of hydrogen-bond donors (Lipinski definition) is 2. The van der Waals surface area contributed by atoms with Crippen LogP contribution in [0.15, 0.2) is 12.1 Å². The van der Waals surface area contributed by atoms with E-state index in [0.717, 1.165) is 16.7 Å². The van der Waals surface area contributed by atoms with Crippen molar-refractivity contribution in [2.45, 2.75) is 32.3 Å². The van der Waals surface area contributed by atoms with E-state index in [2.05, 4.69) is 0 Å². The number of rotatable bonds is 3. The lowest BCUT2D eigenvalue weighted by Crippen LogP contribution is -2.37. The van der Waals surface area contributed by atoms with E-state index < -0.39 is 5.60 Å². The van der Waals surface area contributed by atoms with Crippen molar-refractivity contribution in [3.63, 3.8) is 0 Å². The lowest BCUT2D eigenvalue weighted by Gasteiger charge is -2.35. The molecule has 1 unspecified atom stereocenters. The van der Waals surface area contributed by atoms with Crippen molar-refractivity contribution < 1.29 is 33.9 Å². The number of fused-ring (bicyclic) bond motifs is 4. The van der Waals surface area contributed by atoms with Crippen molar-refractivity contribution >= 4 is 0 Å². The lowest BCUT2D eigenvalue weighted by molar-refractivity contribution is 0.00629. The Morgan fingerprint density at radius 2 is 1.69 bits per heavy atom. The van der Waals surface area contributed by atoms with Crippen molar-refractivity contribution in [2.24, 2.45) is 5.92 Å². The van der Waals surface area contributed by atoms with Gasteiger partial charge in [0.1, 0.15) is 0 Å². The third-order valence-electron chi connectivity index (χ3n) is 6.02. The first-order chi connectivity index (χ1) is 13.8.